The molecule has 0 saturated carbocycles. The molecular weight excluding hydrogens is 612 g/mol. The number of phenols is 1. The van der Waals surface area contributed by atoms with Gasteiger partial charge in [0, 0.05) is 61.0 Å². The molecule has 8 nitrogen and oxygen atoms in total. The number of nitro benzene ring substituents is 1. The van der Waals surface area contributed by atoms with Crippen LogP contribution in [0.3, 0.4) is 0 Å². The van der Waals surface area contributed by atoms with E-state index < -0.39 is 4.92 Å². The molecular formula is C14H21I2NO7S2. The number of nitrogens with zero attached hydrogens (tertiary/aromatic N) is 1. The van der Waals surface area contributed by atoms with Crippen LogP contribution in [0.2, 0.25) is 0 Å². The number of ether oxygens (including phenoxy) is 1. The second-order valence-electron chi connectivity index (χ2n) is 4.54. The molecule has 1 saturated heterocycles. The van der Waals surface area contributed by atoms with Gasteiger partial charge in [0.1, 0.15) is 18.0 Å². The first-order chi connectivity index (χ1) is 12.5. The Morgan fingerprint density at radius 2 is 1.77 bits per heavy atom. The van der Waals surface area contributed by atoms with Gasteiger partial charge in [0.25, 0.3) is 5.69 Å². The van der Waals surface area contributed by atoms with E-state index in [0.717, 1.165) is 0 Å². The summed E-state index contributed by atoms with van der Waals surface area (Å²) in [4.78, 5) is 9.52. The Balaban J connectivity index is 0.000000458. The van der Waals surface area contributed by atoms with Crippen LogP contribution in [0.25, 0.3) is 0 Å². The Morgan fingerprint density at radius 1 is 1.23 bits per heavy atom. The van der Waals surface area contributed by atoms with Crippen LogP contribution in [-0.4, -0.2) is 46.7 Å². The van der Waals surface area contributed by atoms with Gasteiger partial charge in [-0.25, -0.2) is 0 Å². The summed E-state index contributed by atoms with van der Waals surface area (Å²) in [6.07, 6.45) is 0.489. The maximum absolute atomic E-state index is 10.0. The molecule has 1 fully saturated rings. The van der Waals surface area contributed by atoms with Crippen LogP contribution in [0.5, 0.6) is 5.75 Å². The van der Waals surface area contributed by atoms with E-state index in [1.165, 1.54) is 42.7 Å². The number of hydrogen-bond acceptors (Lipinski definition) is 9. The first kappa shape index (κ1) is 26.4. The molecule has 0 aliphatic carbocycles. The van der Waals surface area contributed by atoms with Crippen molar-refractivity contribution in [3.05, 3.63) is 34.4 Å². The Hall–Kier alpha value is 0.420. The van der Waals surface area contributed by atoms with Gasteiger partial charge in [-0.15, -0.1) is 0 Å². The van der Waals surface area contributed by atoms with Crippen molar-refractivity contribution in [3.8, 4) is 5.75 Å². The van der Waals surface area contributed by atoms with E-state index in [4.69, 9.17) is 23.3 Å². The Morgan fingerprint density at radius 3 is 2.23 bits per heavy atom. The predicted molar refractivity (Wildman–Crippen MR) is 121 cm³/mol. The molecule has 0 amide bonds. The van der Waals surface area contributed by atoms with E-state index in [0.29, 0.717) is 13.0 Å². The zero-order valence-corrected chi connectivity index (χ0v) is 20.1. The molecule has 1 heterocycles. The maximum atomic E-state index is 10.0. The minimum absolute atomic E-state index is 0.00920. The standard InChI is InChI=1S/C6H10I2O4S2.C6H5NO3.C2H6/c7-13-11-5-1-4(2-9)10-3-6(5)12-14-8;8-6-3-1-5(2-4-6)7(9)10;1-2/h4-6,9H,1-3H2;1-4,8H;1-2H3. The smallest absolute Gasteiger partial charge is 0.269 e. The molecule has 2 rings (SSSR count). The van der Waals surface area contributed by atoms with Gasteiger partial charge in [-0.3, -0.25) is 18.5 Å². The number of hydrogen-bond donors (Lipinski definition) is 2. The van der Waals surface area contributed by atoms with Gasteiger partial charge >= 0.3 is 0 Å². The van der Waals surface area contributed by atoms with Crippen molar-refractivity contribution in [2.75, 3.05) is 13.2 Å². The number of non-ortho nitro benzene ring substituents is 1. The molecule has 150 valence electrons. The number of phenolic OH excluding ortho intramolecular Hbond substituents is 1. The maximum Gasteiger partial charge on any atom is 0.269 e. The number of halogens is 2. The minimum atomic E-state index is -0.514. The lowest BCUT2D eigenvalue weighted by atomic mass is 10.0. The molecule has 12 heteroatoms. The third-order valence-electron chi connectivity index (χ3n) is 2.99. The molecule has 2 N–H and O–H groups in total. The SMILES string of the molecule is CC.O=[N+]([O-])c1ccc(O)cc1.OCC1CC(OSI)C(OSI)CO1. The first-order valence-electron chi connectivity index (χ1n) is 7.55. The highest BCUT2D eigenvalue weighted by molar-refractivity contribution is 14.2. The van der Waals surface area contributed by atoms with Crippen molar-refractivity contribution in [2.45, 2.75) is 38.6 Å². The molecule has 1 aliphatic heterocycles. The quantitative estimate of drug-likeness (QED) is 0.197. The summed E-state index contributed by atoms with van der Waals surface area (Å²) in [7, 11) is 2.57. The Bertz CT molecular complexity index is 499. The van der Waals surface area contributed by atoms with Crippen molar-refractivity contribution in [1.29, 1.82) is 0 Å². The zero-order valence-electron chi connectivity index (χ0n) is 14.1. The molecule has 1 aromatic carbocycles. The van der Waals surface area contributed by atoms with Gasteiger partial charge in [0.15, 0.2) is 0 Å². The predicted octanol–water partition coefficient (Wildman–Crippen LogP) is 4.86. The van der Waals surface area contributed by atoms with Crippen LogP contribution in [0, 0.1) is 10.1 Å². The lowest BCUT2D eigenvalue weighted by Crippen LogP contribution is -2.43. The van der Waals surface area contributed by atoms with Crippen molar-refractivity contribution >= 4 is 66.5 Å². The Labute approximate surface area is 185 Å². The lowest BCUT2D eigenvalue weighted by Gasteiger charge is -2.33. The molecule has 1 aliphatic rings. The number of nitro groups is 1. The van der Waals surface area contributed by atoms with Crippen molar-refractivity contribution < 1.29 is 28.2 Å². The largest absolute Gasteiger partial charge is 0.508 e. The van der Waals surface area contributed by atoms with E-state index in [-0.39, 0.29) is 36.4 Å². The summed E-state index contributed by atoms with van der Waals surface area (Å²) >= 11 is 4.14. The summed E-state index contributed by atoms with van der Waals surface area (Å²) in [6, 6.07) is 5.04. The lowest BCUT2D eigenvalue weighted by molar-refractivity contribution is -0.384. The summed E-state index contributed by atoms with van der Waals surface area (Å²) in [5.41, 5.74) is -0.0159. The number of aliphatic hydroxyl groups excluding tert-OH is 1. The monoisotopic (exact) mass is 633 g/mol. The zero-order chi connectivity index (χ0) is 19.9. The normalized spacial score (nSPS) is 21.7. The third kappa shape index (κ3) is 10.7. The van der Waals surface area contributed by atoms with E-state index >= 15 is 0 Å². The fraction of sp³-hybridized carbons (Fsp3) is 0.571. The van der Waals surface area contributed by atoms with Gasteiger partial charge in [-0.2, -0.15) is 0 Å². The summed E-state index contributed by atoms with van der Waals surface area (Å²) in [6.45, 7) is 4.51. The molecule has 0 bridgehead atoms. The summed E-state index contributed by atoms with van der Waals surface area (Å²) in [5, 5.41) is 27.7. The van der Waals surface area contributed by atoms with Crippen molar-refractivity contribution in [1.82, 2.24) is 0 Å². The van der Waals surface area contributed by atoms with Gasteiger partial charge in [-0.05, 0) is 12.1 Å². The second-order valence-corrected chi connectivity index (χ2v) is 7.34. The van der Waals surface area contributed by atoms with Gasteiger partial charge in [-0.1, -0.05) is 13.8 Å². The second kappa shape index (κ2) is 16.4. The number of aromatic hydroxyl groups is 1. The molecule has 1 aromatic rings. The van der Waals surface area contributed by atoms with Gasteiger partial charge in [0.05, 0.1) is 42.7 Å². The van der Waals surface area contributed by atoms with E-state index in [1.807, 2.05) is 13.8 Å². The highest BCUT2D eigenvalue weighted by Gasteiger charge is 2.33. The van der Waals surface area contributed by atoms with Crippen molar-refractivity contribution in [2.24, 2.45) is 0 Å². The number of aliphatic hydroxyl groups is 1. The minimum Gasteiger partial charge on any atom is -0.508 e. The van der Waals surface area contributed by atoms with Crippen LogP contribution in [0.4, 0.5) is 5.69 Å². The molecule has 3 unspecified atom stereocenters. The van der Waals surface area contributed by atoms with Crippen LogP contribution in [-0.2, 0) is 13.1 Å². The first-order valence-corrected chi connectivity index (χ1v) is 14.1. The average Bonchev–Trinajstić information content (AvgIpc) is 2.66. The van der Waals surface area contributed by atoms with E-state index in [2.05, 4.69) is 42.4 Å². The van der Waals surface area contributed by atoms with Crippen molar-refractivity contribution in [3.63, 3.8) is 0 Å². The van der Waals surface area contributed by atoms with Crippen LogP contribution < -0.4 is 0 Å². The third-order valence-corrected chi connectivity index (χ3v) is 4.88. The fourth-order valence-corrected chi connectivity index (χ4v) is 3.97. The molecule has 0 aromatic heterocycles. The van der Waals surface area contributed by atoms with Crippen LogP contribution in [0.1, 0.15) is 20.3 Å². The average molecular weight is 633 g/mol. The molecule has 3 atom stereocenters. The van der Waals surface area contributed by atoms with Gasteiger partial charge in [0.2, 0.25) is 0 Å². The number of benzene rings is 1. The molecule has 0 spiro atoms. The molecule has 26 heavy (non-hydrogen) atoms. The summed E-state index contributed by atoms with van der Waals surface area (Å²) in [5.74, 6) is 0.0330. The highest BCUT2D eigenvalue weighted by atomic mass is 127. The van der Waals surface area contributed by atoms with Gasteiger partial charge < -0.3 is 14.9 Å². The van der Waals surface area contributed by atoms with Crippen LogP contribution >= 0.6 is 60.8 Å². The van der Waals surface area contributed by atoms with Crippen LogP contribution in [0.15, 0.2) is 24.3 Å². The highest BCUT2D eigenvalue weighted by Crippen LogP contribution is 2.29. The fourth-order valence-electron chi connectivity index (χ4n) is 1.80. The number of rotatable bonds is 6. The Kier molecular flexibility index (Phi) is 16.6. The molecule has 0 radical (unpaired) electrons. The summed E-state index contributed by atoms with van der Waals surface area (Å²) < 4.78 is 16.2. The topological polar surface area (TPSA) is 111 Å². The van der Waals surface area contributed by atoms with E-state index in [9.17, 15) is 10.1 Å². The van der Waals surface area contributed by atoms with E-state index in [1.54, 1.807) is 0 Å².